The van der Waals surface area contributed by atoms with Crippen molar-refractivity contribution in [3.05, 3.63) is 15.6 Å². The van der Waals surface area contributed by atoms with Crippen molar-refractivity contribution in [2.45, 2.75) is 77.9 Å². The molecule has 3 nitrogen and oxygen atoms in total. The van der Waals surface area contributed by atoms with Crippen LogP contribution in [0.1, 0.15) is 74.9 Å². The molecule has 0 spiro atoms. The van der Waals surface area contributed by atoms with Crippen LogP contribution in [0.5, 0.6) is 0 Å². The minimum absolute atomic E-state index is 0.0926. The largest absolute Gasteiger partial charge is 0.368 e. The van der Waals surface area contributed by atoms with Crippen LogP contribution in [0.15, 0.2) is 0 Å². The lowest BCUT2D eigenvalue weighted by Crippen LogP contribution is -2.32. The van der Waals surface area contributed by atoms with Gasteiger partial charge in [-0.2, -0.15) is 0 Å². The van der Waals surface area contributed by atoms with Gasteiger partial charge in [0.25, 0.3) is 0 Å². The average molecular weight is 311 g/mol. The van der Waals surface area contributed by atoms with Crippen molar-refractivity contribution in [1.82, 2.24) is 10.3 Å². The molecule has 0 atom stereocenters. The summed E-state index contributed by atoms with van der Waals surface area (Å²) in [5, 5.41) is 4.69. The SMILES string of the molecule is CCCc1nc(C2(OCC)CCCCC2)sc1CNCC. The molecule has 1 aromatic rings. The first kappa shape index (κ1) is 16.9. The Morgan fingerprint density at radius 3 is 2.57 bits per heavy atom. The summed E-state index contributed by atoms with van der Waals surface area (Å²) >= 11 is 1.89. The third kappa shape index (κ3) is 4.05. The fourth-order valence-electron chi connectivity index (χ4n) is 3.21. The molecular weight excluding hydrogens is 280 g/mol. The van der Waals surface area contributed by atoms with Crippen LogP contribution in [0.2, 0.25) is 0 Å². The maximum absolute atomic E-state index is 6.23. The van der Waals surface area contributed by atoms with Crippen molar-refractivity contribution in [3.63, 3.8) is 0 Å². The van der Waals surface area contributed by atoms with Crippen LogP contribution in [0.4, 0.5) is 0 Å². The van der Waals surface area contributed by atoms with Crippen molar-refractivity contribution < 1.29 is 4.74 Å². The average Bonchev–Trinajstić information content (AvgIpc) is 2.90. The molecule has 1 saturated carbocycles. The molecule has 0 unspecified atom stereocenters. The Morgan fingerprint density at radius 1 is 1.19 bits per heavy atom. The molecule has 0 aromatic carbocycles. The van der Waals surface area contributed by atoms with Crippen molar-refractivity contribution in [2.24, 2.45) is 0 Å². The van der Waals surface area contributed by atoms with Crippen LogP contribution >= 0.6 is 11.3 Å². The van der Waals surface area contributed by atoms with Gasteiger partial charge in [0, 0.05) is 18.0 Å². The summed E-state index contributed by atoms with van der Waals surface area (Å²) in [5.74, 6) is 0. The van der Waals surface area contributed by atoms with Crippen LogP contribution in [0.25, 0.3) is 0 Å². The van der Waals surface area contributed by atoms with Gasteiger partial charge in [0.05, 0.1) is 5.69 Å². The topological polar surface area (TPSA) is 34.1 Å². The number of hydrogen-bond donors (Lipinski definition) is 1. The van der Waals surface area contributed by atoms with Crippen LogP contribution in [0.3, 0.4) is 0 Å². The minimum Gasteiger partial charge on any atom is -0.368 e. The van der Waals surface area contributed by atoms with Gasteiger partial charge in [0.15, 0.2) is 0 Å². The number of nitrogens with one attached hydrogen (secondary N) is 1. The highest BCUT2D eigenvalue weighted by molar-refractivity contribution is 7.11. The van der Waals surface area contributed by atoms with E-state index in [4.69, 9.17) is 9.72 Å². The molecule has 0 bridgehead atoms. The minimum atomic E-state index is -0.0926. The monoisotopic (exact) mass is 310 g/mol. The molecule has 1 fully saturated rings. The maximum atomic E-state index is 6.23. The van der Waals surface area contributed by atoms with E-state index < -0.39 is 0 Å². The molecule has 2 rings (SSSR count). The fourth-order valence-corrected chi connectivity index (χ4v) is 4.48. The molecule has 4 heteroatoms. The molecule has 0 amide bonds. The van der Waals surface area contributed by atoms with Gasteiger partial charge in [-0.1, -0.05) is 39.5 Å². The van der Waals surface area contributed by atoms with Crippen LogP contribution in [-0.4, -0.2) is 18.1 Å². The molecule has 1 aliphatic rings. The molecule has 0 radical (unpaired) electrons. The molecule has 21 heavy (non-hydrogen) atoms. The molecule has 1 aromatic heterocycles. The Hall–Kier alpha value is -0.450. The van der Waals surface area contributed by atoms with E-state index in [0.717, 1.165) is 45.4 Å². The predicted molar refractivity (Wildman–Crippen MR) is 89.9 cm³/mol. The first-order chi connectivity index (χ1) is 10.3. The second-order valence-corrected chi connectivity index (χ2v) is 6.99. The highest BCUT2D eigenvalue weighted by atomic mass is 32.1. The van der Waals surface area contributed by atoms with Gasteiger partial charge in [0.1, 0.15) is 10.6 Å². The molecule has 0 saturated heterocycles. The number of hydrogen-bond acceptors (Lipinski definition) is 4. The van der Waals surface area contributed by atoms with E-state index >= 15 is 0 Å². The third-order valence-corrected chi connectivity index (χ3v) is 5.56. The number of aryl methyl sites for hydroxylation is 1. The zero-order valence-electron chi connectivity index (χ0n) is 13.8. The van der Waals surface area contributed by atoms with Gasteiger partial charge in [-0.05, 0) is 32.7 Å². The summed E-state index contributed by atoms with van der Waals surface area (Å²) in [4.78, 5) is 6.44. The van der Waals surface area contributed by atoms with E-state index in [1.807, 2.05) is 11.3 Å². The second-order valence-electron chi connectivity index (χ2n) is 5.91. The van der Waals surface area contributed by atoms with Crippen LogP contribution in [-0.2, 0) is 23.3 Å². The highest BCUT2D eigenvalue weighted by Crippen LogP contribution is 2.43. The standard InChI is InChI=1S/C17H30N2OS/c1-4-10-14-15(13-18-5-2)21-16(19-14)17(20-6-3)11-8-7-9-12-17/h18H,4-13H2,1-3H3. The van der Waals surface area contributed by atoms with Crippen LogP contribution in [0, 0.1) is 0 Å². The van der Waals surface area contributed by atoms with Crippen molar-refractivity contribution in [3.8, 4) is 0 Å². The van der Waals surface area contributed by atoms with Gasteiger partial charge in [-0.15, -0.1) is 11.3 Å². The summed E-state index contributed by atoms with van der Waals surface area (Å²) in [5.41, 5.74) is 1.20. The number of rotatable bonds is 8. The van der Waals surface area contributed by atoms with E-state index in [1.54, 1.807) is 0 Å². The summed E-state index contributed by atoms with van der Waals surface area (Å²) in [6, 6.07) is 0. The molecule has 120 valence electrons. The molecule has 0 aliphatic heterocycles. The Labute approximate surface area is 133 Å². The van der Waals surface area contributed by atoms with E-state index in [9.17, 15) is 0 Å². The highest BCUT2D eigenvalue weighted by Gasteiger charge is 2.38. The lowest BCUT2D eigenvalue weighted by atomic mass is 9.85. The normalized spacial score (nSPS) is 18.0. The Morgan fingerprint density at radius 2 is 1.95 bits per heavy atom. The first-order valence-corrected chi connectivity index (χ1v) is 9.41. The smallest absolute Gasteiger partial charge is 0.125 e. The summed E-state index contributed by atoms with van der Waals surface area (Å²) in [7, 11) is 0. The van der Waals surface area contributed by atoms with E-state index in [-0.39, 0.29) is 5.60 Å². The zero-order chi connectivity index (χ0) is 15.1. The maximum Gasteiger partial charge on any atom is 0.125 e. The molecule has 1 heterocycles. The Balaban J connectivity index is 2.26. The Kier molecular flexibility index (Phi) is 6.65. The van der Waals surface area contributed by atoms with Crippen molar-refractivity contribution in [1.29, 1.82) is 0 Å². The van der Waals surface area contributed by atoms with Gasteiger partial charge in [-0.3, -0.25) is 0 Å². The van der Waals surface area contributed by atoms with Crippen LogP contribution < -0.4 is 5.32 Å². The van der Waals surface area contributed by atoms with E-state index in [2.05, 4.69) is 26.1 Å². The quantitative estimate of drug-likeness (QED) is 0.772. The first-order valence-electron chi connectivity index (χ1n) is 8.59. The molecule has 1 N–H and O–H groups in total. The van der Waals surface area contributed by atoms with Crippen molar-refractivity contribution >= 4 is 11.3 Å². The Bertz CT molecular complexity index is 419. The van der Waals surface area contributed by atoms with Gasteiger partial charge >= 0.3 is 0 Å². The van der Waals surface area contributed by atoms with Gasteiger partial charge in [-0.25, -0.2) is 4.98 Å². The zero-order valence-corrected chi connectivity index (χ0v) is 14.7. The molecule has 1 aliphatic carbocycles. The van der Waals surface area contributed by atoms with E-state index in [0.29, 0.717) is 0 Å². The van der Waals surface area contributed by atoms with E-state index in [1.165, 1.54) is 34.8 Å². The van der Waals surface area contributed by atoms with Gasteiger partial charge < -0.3 is 10.1 Å². The lowest BCUT2D eigenvalue weighted by Gasteiger charge is -2.35. The summed E-state index contributed by atoms with van der Waals surface area (Å²) < 4.78 is 6.23. The fraction of sp³-hybridized carbons (Fsp3) is 0.824. The number of ether oxygens (including phenoxy) is 1. The summed E-state index contributed by atoms with van der Waals surface area (Å²) in [6.07, 6.45) is 8.40. The predicted octanol–water partition coefficient (Wildman–Crippen LogP) is 4.40. The lowest BCUT2D eigenvalue weighted by molar-refractivity contribution is -0.0705. The number of thiazole rings is 1. The molecular formula is C17H30N2OS. The number of nitrogens with zero attached hydrogens (tertiary/aromatic N) is 1. The third-order valence-electron chi connectivity index (χ3n) is 4.27. The second kappa shape index (κ2) is 8.25. The van der Waals surface area contributed by atoms with Gasteiger partial charge in [0.2, 0.25) is 0 Å². The summed E-state index contributed by atoms with van der Waals surface area (Å²) in [6.45, 7) is 9.24. The van der Waals surface area contributed by atoms with Crippen molar-refractivity contribution in [2.75, 3.05) is 13.2 Å². The number of aromatic nitrogens is 1.